The quantitative estimate of drug-likeness (QED) is 0.696. The van der Waals surface area contributed by atoms with E-state index in [4.69, 9.17) is 9.84 Å². The van der Waals surface area contributed by atoms with Crippen LogP contribution in [0, 0.1) is 17.8 Å². The summed E-state index contributed by atoms with van der Waals surface area (Å²) < 4.78 is 5.05. The van der Waals surface area contributed by atoms with Crippen LogP contribution >= 0.6 is 0 Å². The molecule has 14 heavy (non-hydrogen) atoms. The van der Waals surface area contributed by atoms with Gasteiger partial charge in [0, 0.05) is 0 Å². The largest absolute Gasteiger partial charge is 0.463 e. The minimum atomic E-state index is -0.978. The summed E-state index contributed by atoms with van der Waals surface area (Å²) in [5, 5.41) is 8.95. The molecule has 1 N–H and O–H groups in total. The molecule has 2 rings (SSSR count). The van der Waals surface area contributed by atoms with Crippen molar-refractivity contribution in [2.24, 2.45) is 17.8 Å². The Hall–Kier alpha value is -0.570. The highest BCUT2D eigenvalue weighted by atomic mass is 16.5. The third kappa shape index (κ3) is 1.92. The Morgan fingerprint density at radius 3 is 2.79 bits per heavy atom. The molecule has 0 amide bonds. The topological polar surface area (TPSA) is 46.5 Å². The number of esters is 1. The zero-order chi connectivity index (χ0) is 10.1. The molecule has 0 aromatic rings. The number of aliphatic hydroxyl groups excluding tert-OH is 1. The fourth-order valence-electron chi connectivity index (χ4n) is 2.89. The van der Waals surface area contributed by atoms with Gasteiger partial charge in [0.25, 0.3) is 0 Å². The van der Waals surface area contributed by atoms with Gasteiger partial charge < -0.3 is 9.84 Å². The fraction of sp³-hybridized carbons (Fsp3) is 0.909. The predicted octanol–water partition coefficient (Wildman–Crippen LogP) is 1.35. The molecule has 3 heteroatoms. The molecule has 2 bridgehead atoms. The standard InChI is InChI=1S/C11H18O3/c1-7(12)11(13)14-6-10-5-8-2-3-9(10)4-8/h7-10,12H,2-6H2,1H3. The lowest BCUT2D eigenvalue weighted by Gasteiger charge is -2.21. The first kappa shape index (κ1) is 9.97. The molecular formula is C11H18O3. The van der Waals surface area contributed by atoms with Crippen LogP contribution in [0.15, 0.2) is 0 Å². The van der Waals surface area contributed by atoms with Gasteiger partial charge in [-0.1, -0.05) is 6.42 Å². The summed E-state index contributed by atoms with van der Waals surface area (Å²) >= 11 is 0. The van der Waals surface area contributed by atoms with Gasteiger partial charge in [-0.25, -0.2) is 4.79 Å². The number of carbonyl (C=O) groups excluding carboxylic acids is 1. The summed E-state index contributed by atoms with van der Waals surface area (Å²) in [6.07, 6.45) is 4.25. The first-order valence-electron chi connectivity index (χ1n) is 5.51. The normalized spacial score (nSPS) is 37.1. The summed E-state index contributed by atoms with van der Waals surface area (Å²) in [5.74, 6) is 1.75. The molecule has 2 saturated carbocycles. The van der Waals surface area contributed by atoms with Crippen LogP contribution < -0.4 is 0 Å². The predicted molar refractivity (Wildman–Crippen MR) is 51.6 cm³/mol. The van der Waals surface area contributed by atoms with E-state index < -0.39 is 12.1 Å². The summed E-state index contributed by atoms with van der Waals surface area (Å²) in [4.78, 5) is 11.0. The lowest BCUT2D eigenvalue weighted by atomic mass is 9.90. The highest BCUT2D eigenvalue weighted by Gasteiger charge is 2.39. The van der Waals surface area contributed by atoms with Crippen molar-refractivity contribution in [3.63, 3.8) is 0 Å². The molecule has 0 aromatic carbocycles. The maximum Gasteiger partial charge on any atom is 0.334 e. The SMILES string of the molecule is CC(O)C(=O)OCC1CC2CCC1C2. The van der Waals surface area contributed by atoms with Crippen molar-refractivity contribution in [1.29, 1.82) is 0 Å². The number of carbonyl (C=O) groups is 1. The highest BCUT2D eigenvalue weighted by Crippen LogP contribution is 2.48. The van der Waals surface area contributed by atoms with Crippen LogP contribution in [0.5, 0.6) is 0 Å². The number of rotatable bonds is 3. The van der Waals surface area contributed by atoms with Crippen molar-refractivity contribution < 1.29 is 14.6 Å². The summed E-state index contributed by atoms with van der Waals surface area (Å²) in [5.41, 5.74) is 0. The molecule has 4 atom stereocenters. The Balaban J connectivity index is 1.74. The van der Waals surface area contributed by atoms with E-state index in [0.717, 1.165) is 11.8 Å². The van der Waals surface area contributed by atoms with Crippen LogP contribution in [-0.2, 0) is 9.53 Å². The lowest BCUT2D eigenvalue weighted by molar-refractivity contribution is -0.154. The molecule has 0 aliphatic heterocycles. The van der Waals surface area contributed by atoms with Gasteiger partial charge in [0.15, 0.2) is 0 Å². The van der Waals surface area contributed by atoms with E-state index in [0.29, 0.717) is 12.5 Å². The smallest absolute Gasteiger partial charge is 0.334 e. The van der Waals surface area contributed by atoms with Crippen LogP contribution in [0.4, 0.5) is 0 Å². The van der Waals surface area contributed by atoms with Gasteiger partial charge in [-0.3, -0.25) is 0 Å². The van der Waals surface area contributed by atoms with E-state index in [2.05, 4.69) is 0 Å². The lowest BCUT2D eigenvalue weighted by Crippen LogP contribution is -2.24. The van der Waals surface area contributed by atoms with Crippen molar-refractivity contribution in [3.8, 4) is 0 Å². The van der Waals surface area contributed by atoms with E-state index >= 15 is 0 Å². The molecular weight excluding hydrogens is 180 g/mol. The Labute approximate surface area is 84.4 Å². The van der Waals surface area contributed by atoms with Gasteiger partial charge in [0.05, 0.1) is 6.61 Å². The van der Waals surface area contributed by atoms with Crippen LogP contribution in [0.25, 0.3) is 0 Å². The third-order valence-electron chi connectivity index (χ3n) is 3.67. The molecule has 80 valence electrons. The van der Waals surface area contributed by atoms with Gasteiger partial charge >= 0.3 is 5.97 Å². The van der Waals surface area contributed by atoms with Gasteiger partial charge in [0.2, 0.25) is 0 Å². The molecule has 0 spiro atoms. The number of hydrogen-bond acceptors (Lipinski definition) is 3. The van der Waals surface area contributed by atoms with E-state index in [-0.39, 0.29) is 0 Å². The highest BCUT2D eigenvalue weighted by molar-refractivity contribution is 5.73. The van der Waals surface area contributed by atoms with Gasteiger partial charge in [-0.15, -0.1) is 0 Å². The minimum absolute atomic E-state index is 0.479. The van der Waals surface area contributed by atoms with Crippen LogP contribution in [0.2, 0.25) is 0 Å². The van der Waals surface area contributed by atoms with Gasteiger partial charge in [0.1, 0.15) is 6.10 Å². The number of hydrogen-bond donors (Lipinski definition) is 1. The molecule has 2 aliphatic rings. The molecule has 4 unspecified atom stereocenters. The monoisotopic (exact) mass is 198 g/mol. The van der Waals surface area contributed by atoms with E-state index in [9.17, 15) is 4.79 Å². The Kier molecular flexibility index (Phi) is 2.77. The van der Waals surface area contributed by atoms with E-state index in [1.807, 2.05) is 0 Å². The third-order valence-corrected chi connectivity index (χ3v) is 3.67. The van der Waals surface area contributed by atoms with Gasteiger partial charge in [-0.2, -0.15) is 0 Å². The summed E-state index contributed by atoms with van der Waals surface area (Å²) in [6.45, 7) is 1.97. The average Bonchev–Trinajstić information content (AvgIpc) is 2.74. The van der Waals surface area contributed by atoms with Gasteiger partial charge in [-0.05, 0) is 43.9 Å². The van der Waals surface area contributed by atoms with Crippen molar-refractivity contribution in [2.45, 2.75) is 38.7 Å². The van der Waals surface area contributed by atoms with E-state index in [1.165, 1.54) is 32.6 Å². The Morgan fingerprint density at radius 2 is 2.29 bits per heavy atom. The van der Waals surface area contributed by atoms with Crippen LogP contribution in [-0.4, -0.2) is 23.8 Å². The second-order valence-electron chi connectivity index (χ2n) is 4.74. The summed E-state index contributed by atoms with van der Waals surface area (Å²) in [6, 6.07) is 0. The number of ether oxygens (including phenoxy) is 1. The zero-order valence-corrected chi connectivity index (χ0v) is 8.61. The fourth-order valence-corrected chi connectivity index (χ4v) is 2.89. The second-order valence-corrected chi connectivity index (χ2v) is 4.74. The number of aliphatic hydroxyl groups is 1. The second kappa shape index (κ2) is 3.89. The average molecular weight is 198 g/mol. The molecule has 0 saturated heterocycles. The summed E-state index contributed by atoms with van der Waals surface area (Å²) in [7, 11) is 0. The molecule has 3 nitrogen and oxygen atoms in total. The number of fused-ring (bicyclic) bond motifs is 2. The molecule has 0 heterocycles. The molecule has 0 aromatic heterocycles. The van der Waals surface area contributed by atoms with E-state index in [1.54, 1.807) is 0 Å². The Morgan fingerprint density at radius 1 is 1.50 bits per heavy atom. The molecule has 2 fully saturated rings. The van der Waals surface area contributed by atoms with Crippen molar-refractivity contribution >= 4 is 5.97 Å². The van der Waals surface area contributed by atoms with Crippen molar-refractivity contribution in [2.75, 3.05) is 6.61 Å². The van der Waals surface area contributed by atoms with Crippen molar-refractivity contribution in [3.05, 3.63) is 0 Å². The Bertz CT molecular complexity index is 225. The molecule has 0 radical (unpaired) electrons. The first-order chi connectivity index (χ1) is 6.66. The van der Waals surface area contributed by atoms with Crippen LogP contribution in [0.1, 0.15) is 32.6 Å². The van der Waals surface area contributed by atoms with Crippen molar-refractivity contribution in [1.82, 2.24) is 0 Å². The maximum absolute atomic E-state index is 11.0. The molecule has 2 aliphatic carbocycles. The van der Waals surface area contributed by atoms with Crippen LogP contribution in [0.3, 0.4) is 0 Å². The first-order valence-corrected chi connectivity index (χ1v) is 5.51. The maximum atomic E-state index is 11.0. The minimum Gasteiger partial charge on any atom is -0.463 e. The zero-order valence-electron chi connectivity index (χ0n) is 8.61.